The van der Waals surface area contributed by atoms with Crippen LogP contribution in [-0.2, 0) is 4.79 Å². The van der Waals surface area contributed by atoms with Gasteiger partial charge in [-0.2, -0.15) is 0 Å². The maximum absolute atomic E-state index is 11.1. The van der Waals surface area contributed by atoms with Gasteiger partial charge in [0.05, 0.1) is 0 Å². The molecule has 14 heavy (non-hydrogen) atoms. The van der Waals surface area contributed by atoms with Gasteiger partial charge >= 0.3 is 11.7 Å². The molecule has 0 amide bonds. The van der Waals surface area contributed by atoms with Crippen LogP contribution in [0.4, 0.5) is 0 Å². The number of aromatic nitrogens is 2. The van der Waals surface area contributed by atoms with E-state index in [2.05, 4.69) is 0 Å². The Balaban J connectivity index is 3.29. The zero-order chi connectivity index (χ0) is 10.7. The summed E-state index contributed by atoms with van der Waals surface area (Å²) in [6.45, 7) is 1.53. The van der Waals surface area contributed by atoms with E-state index in [0.29, 0.717) is 5.69 Å². The van der Waals surface area contributed by atoms with Gasteiger partial charge in [-0.25, -0.2) is 9.59 Å². The number of nitrogens with one attached hydrogen (secondary N) is 1. The van der Waals surface area contributed by atoms with Crippen molar-refractivity contribution in [2.75, 3.05) is 0 Å². The van der Waals surface area contributed by atoms with E-state index in [0.717, 1.165) is 16.8 Å². The molecule has 1 aromatic rings. The third kappa shape index (κ3) is 2.19. The molecule has 6 nitrogen and oxygen atoms in total. The summed E-state index contributed by atoms with van der Waals surface area (Å²) < 4.78 is 1.04. The fourth-order valence-electron chi connectivity index (χ4n) is 0.945. The lowest BCUT2D eigenvalue weighted by atomic mass is 10.4. The summed E-state index contributed by atoms with van der Waals surface area (Å²) in [5, 5.41) is 8.34. The van der Waals surface area contributed by atoms with Gasteiger partial charge < -0.3 is 5.11 Å². The number of hydrogen-bond donors (Lipinski definition) is 2. The predicted octanol–water partition coefficient (Wildman–Crippen LogP) is -0.600. The zero-order valence-electron chi connectivity index (χ0n) is 7.35. The first-order valence-electron chi connectivity index (χ1n) is 3.74. The molecule has 0 spiro atoms. The molecule has 6 heteroatoms. The van der Waals surface area contributed by atoms with Gasteiger partial charge in [-0.3, -0.25) is 14.3 Å². The van der Waals surface area contributed by atoms with Crippen molar-refractivity contribution in [2.24, 2.45) is 0 Å². The Labute approximate surface area is 78.1 Å². The third-order valence-corrected chi connectivity index (χ3v) is 1.54. The maximum atomic E-state index is 11.1. The SMILES string of the molecule is Cc1cc(=O)[nH]c(=O)n1C=CC(=O)O. The molecule has 0 radical (unpaired) electrons. The second-order valence-corrected chi connectivity index (χ2v) is 2.60. The van der Waals surface area contributed by atoms with E-state index in [9.17, 15) is 14.4 Å². The topological polar surface area (TPSA) is 92.2 Å². The van der Waals surface area contributed by atoms with Crippen molar-refractivity contribution in [3.05, 3.63) is 38.7 Å². The molecular weight excluding hydrogens is 188 g/mol. The number of carbonyl (C=O) groups is 1. The lowest BCUT2D eigenvalue weighted by Gasteiger charge is -2.00. The second kappa shape index (κ2) is 3.73. The maximum Gasteiger partial charge on any atom is 0.332 e. The number of carboxylic acid groups (broad SMARTS) is 1. The number of nitrogens with zero attached hydrogens (tertiary/aromatic N) is 1. The van der Waals surface area contributed by atoms with E-state index >= 15 is 0 Å². The van der Waals surface area contributed by atoms with Crippen LogP contribution < -0.4 is 11.2 Å². The first kappa shape index (κ1) is 9.97. The van der Waals surface area contributed by atoms with Crippen molar-refractivity contribution in [2.45, 2.75) is 6.92 Å². The number of aliphatic carboxylic acids is 1. The van der Waals surface area contributed by atoms with Crippen molar-refractivity contribution in [3.63, 3.8) is 0 Å². The molecule has 0 aromatic carbocycles. The number of carboxylic acids is 1. The zero-order valence-corrected chi connectivity index (χ0v) is 7.35. The number of aryl methyl sites for hydroxylation is 1. The summed E-state index contributed by atoms with van der Waals surface area (Å²) >= 11 is 0. The lowest BCUT2D eigenvalue weighted by Crippen LogP contribution is -2.28. The molecule has 0 aliphatic carbocycles. The summed E-state index contributed by atoms with van der Waals surface area (Å²) in [6.07, 6.45) is 1.89. The van der Waals surface area contributed by atoms with Gasteiger partial charge in [-0.1, -0.05) is 0 Å². The van der Waals surface area contributed by atoms with Crippen LogP contribution in [0.1, 0.15) is 5.69 Å². The number of hydrogen-bond acceptors (Lipinski definition) is 3. The molecule has 0 atom stereocenters. The Hall–Kier alpha value is -2.11. The first-order valence-corrected chi connectivity index (χ1v) is 3.74. The summed E-state index contributed by atoms with van der Waals surface area (Å²) in [4.78, 5) is 34.1. The highest BCUT2D eigenvalue weighted by molar-refractivity contribution is 5.82. The average Bonchev–Trinajstić information content (AvgIpc) is 2.01. The van der Waals surface area contributed by atoms with E-state index in [1.165, 1.54) is 13.0 Å². The monoisotopic (exact) mass is 196 g/mol. The Morgan fingerprint density at radius 1 is 1.57 bits per heavy atom. The second-order valence-electron chi connectivity index (χ2n) is 2.60. The average molecular weight is 196 g/mol. The third-order valence-electron chi connectivity index (χ3n) is 1.54. The van der Waals surface area contributed by atoms with Crippen molar-refractivity contribution in [1.82, 2.24) is 9.55 Å². The van der Waals surface area contributed by atoms with Gasteiger partial charge in [-0.05, 0) is 6.92 Å². The molecule has 0 fully saturated rings. The van der Waals surface area contributed by atoms with Gasteiger partial charge in [0.1, 0.15) is 0 Å². The molecule has 0 unspecified atom stereocenters. The summed E-state index contributed by atoms with van der Waals surface area (Å²) in [7, 11) is 0. The fourth-order valence-corrected chi connectivity index (χ4v) is 0.945. The Bertz CT molecular complexity index is 495. The van der Waals surface area contributed by atoms with Crippen LogP contribution in [0, 0.1) is 6.92 Å². The van der Waals surface area contributed by atoms with Crippen molar-refractivity contribution in [1.29, 1.82) is 0 Å². The normalized spacial score (nSPS) is 10.6. The summed E-state index contributed by atoms with van der Waals surface area (Å²) in [5.41, 5.74) is -0.795. The van der Waals surface area contributed by atoms with Gasteiger partial charge in [-0.15, -0.1) is 0 Å². The van der Waals surface area contributed by atoms with Crippen LogP contribution in [0.5, 0.6) is 0 Å². The van der Waals surface area contributed by atoms with Crippen LogP contribution in [0.15, 0.2) is 21.7 Å². The van der Waals surface area contributed by atoms with Crippen molar-refractivity contribution in [3.8, 4) is 0 Å². The first-order chi connectivity index (χ1) is 6.50. The van der Waals surface area contributed by atoms with Crippen molar-refractivity contribution >= 4 is 12.2 Å². The standard InChI is InChI=1S/C8H8N2O4/c1-5-4-6(11)9-8(14)10(5)3-2-7(12)13/h2-4H,1H3,(H,12,13)(H,9,11,14). The van der Waals surface area contributed by atoms with E-state index in [-0.39, 0.29) is 0 Å². The number of H-pyrrole nitrogens is 1. The molecule has 1 rings (SSSR count). The molecule has 0 bridgehead atoms. The van der Waals surface area contributed by atoms with Gasteiger partial charge in [0.15, 0.2) is 0 Å². The minimum atomic E-state index is -1.16. The summed E-state index contributed by atoms with van der Waals surface area (Å²) in [5.74, 6) is -1.16. The molecule has 74 valence electrons. The molecule has 0 aliphatic rings. The van der Waals surface area contributed by atoms with Crippen LogP contribution in [0.25, 0.3) is 6.20 Å². The minimum Gasteiger partial charge on any atom is -0.478 e. The highest BCUT2D eigenvalue weighted by Gasteiger charge is 1.98. The molecule has 0 saturated heterocycles. The lowest BCUT2D eigenvalue weighted by molar-refractivity contribution is -0.131. The van der Waals surface area contributed by atoms with E-state index < -0.39 is 17.2 Å². The van der Waals surface area contributed by atoms with Crippen LogP contribution in [0.2, 0.25) is 0 Å². The van der Waals surface area contributed by atoms with Crippen LogP contribution in [0.3, 0.4) is 0 Å². The van der Waals surface area contributed by atoms with Gasteiger partial charge in [0, 0.05) is 24.0 Å². The van der Waals surface area contributed by atoms with Crippen LogP contribution in [-0.4, -0.2) is 20.6 Å². The van der Waals surface area contributed by atoms with E-state index in [1.54, 1.807) is 0 Å². The number of aromatic amines is 1. The highest BCUT2D eigenvalue weighted by Crippen LogP contribution is 1.89. The summed E-state index contributed by atoms with van der Waals surface area (Å²) in [6, 6.07) is 1.20. The predicted molar refractivity (Wildman–Crippen MR) is 49.0 cm³/mol. The van der Waals surface area contributed by atoms with Crippen LogP contribution >= 0.6 is 0 Å². The highest BCUT2D eigenvalue weighted by atomic mass is 16.4. The molecule has 0 aliphatic heterocycles. The Morgan fingerprint density at radius 3 is 2.71 bits per heavy atom. The Morgan fingerprint density at radius 2 is 2.21 bits per heavy atom. The van der Waals surface area contributed by atoms with Gasteiger partial charge in [0.2, 0.25) is 0 Å². The largest absolute Gasteiger partial charge is 0.478 e. The Kier molecular flexibility index (Phi) is 2.66. The van der Waals surface area contributed by atoms with E-state index in [1.807, 2.05) is 4.98 Å². The number of rotatable bonds is 2. The quantitative estimate of drug-likeness (QED) is 0.618. The molecule has 2 N–H and O–H groups in total. The molecule has 1 aromatic heterocycles. The van der Waals surface area contributed by atoms with E-state index in [4.69, 9.17) is 5.11 Å². The molecular formula is C8H8N2O4. The van der Waals surface area contributed by atoms with Crippen molar-refractivity contribution < 1.29 is 9.90 Å². The molecule has 1 heterocycles. The molecule has 0 saturated carbocycles. The smallest absolute Gasteiger partial charge is 0.332 e. The fraction of sp³-hybridized carbons (Fsp3) is 0.125. The minimum absolute atomic E-state index is 0.372. The van der Waals surface area contributed by atoms with Gasteiger partial charge in [0.25, 0.3) is 5.56 Å².